The third kappa shape index (κ3) is 62.1. The van der Waals surface area contributed by atoms with E-state index >= 15 is 0 Å². The Hall–Kier alpha value is -0.700. The van der Waals surface area contributed by atoms with Crippen LogP contribution in [0, 0.1) is 12.3 Å². The van der Waals surface area contributed by atoms with E-state index in [2.05, 4.69) is 26.3 Å². The summed E-state index contributed by atoms with van der Waals surface area (Å²) < 4.78 is 0. The number of hydrogen-bond acceptors (Lipinski definition) is 0. The molecule has 340 valence electrons. The lowest BCUT2D eigenvalue weighted by Gasteiger charge is -2.05. The van der Waals surface area contributed by atoms with E-state index in [0.29, 0.717) is 0 Å². The third-order valence-corrected chi connectivity index (χ3v) is 12.7. The zero-order valence-electron chi connectivity index (χ0n) is 40.4. The third-order valence-electron chi connectivity index (χ3n) is 12.7. The molecule has 0 aromatic heterocycles. The molecule has 0 saturated heterocycles. The predicted molar refractivity (Wildman–Crippen MR) is 266 cm³/mol. The molecule has 0 aromatic carbocycles. The van der Waals surface area contributed by atoms with Crippen LogP contribution < -0.4 is 0 Å². The van der Waals surface area contributed by atoms with Crippen molar-refractivity contribution in [1.29, 1.82) is 0 Å². The second-order valence-electron chi connectivity index (χ2n) is 18.6. The second-order valence-corrected chi connectivity index (χ2v) is 18.6. The van der Waals surface area contributed by atoms with Crippen LogP contribution >= 0.6 is 0 Å². The SMILES string of the molecule is C#CCCCCCCCCCCCCCCCCCCCCCCCCCCCCCCCCCCCCCCCCCCCCCCCCCC.C=CCCC. The normalized spacial score (nSPS) is 11.1. The summed E-state index contributed by atoms with van der Waals surface area (Å²) in [5.74, 6) is 2.75. The molecule has 0 spiro atoms. The fourth-order valence-corrected chi connectivity index (χ4v) is 8.64. The van der Waals surface area contributed by atoms with Gasteiger partial charge in [0.25, 0.3) is 0 Å². The van der Waals surface area contributed by atoms with Gasteiger partial charge in [0.2, 0.25) is 0 Å². The van der Waals surface area contributed by atoms with E-state index in [1.165, 1.54) is 315 Å². The van der Waals surface area contributed by atoms with Crippen LogP contribution in [0.15, 0.2) is 12.7 Å². The van der Waals surface area contributed by atoms with Gasteiger partial charge in [0, 0.05) is 6.42 Å². The van der Waals surface area contributed by atoms with Crippen molar-refractivity contribution >= 4 is 0 Å². The molecule has 0 aliphatic heterocycles. The lowest BCUT2D eigenvalue weighted by atomic mass is 10.0. The van der Waals surface area contributed by atoms with Crippen LogP contribution in [0.1, 0.15) is 341 Å². The molecule has 0 amide bonds. The molecular formula is C57H112. The van der Waals surface area contributed by atoms with Gasteiger partial charge in [-0.05, 0) is 12.8 Å². The second kappa shape index (κ2) is 59.6. The first kappa shape index (κ1) is 58.4. The van der Waals surface area contributed by atoms with Gasteiger partial charge in [-0.2, -0.15) is 0 Å². The first-order valence-corrected chi connectivity index (χ1v) is 27.4. The maximum absolute atomic E-state index is 5.31. The zero-order chi connectivity index (χ0) is 41.5. The first-order chi connectivity index (χ1) is 28.3. The van der Waals surface area contributed by atoms with Gasteiger partial charge < -0.3 is 0 Å². The highest BCUT2D eigenvalue weighted by atomic mass is 14.1. The van der Waals surface area contributed by atoms with Crippen LogP contribution in [0.5, 0.6) is 0 Å². The number of allylic oxidation sites excluding steroid dienone is 1. The molecule has 0 unspecified atom stereocenters. The van der Waals surface area contributed by atoms with Crippen molar-refractivity contribution in [3.05, 3.63) is 12.7 Å². The number of hydrogen-bond donors (Lipinski definition) is 0. The van der Waals surface area contributed by atoms with Gasteiger partial charge in [-0.15, -0.1) is 18.9 Å². The van der Waals surface area contributed by atoms with E-state index in [9.17, 15) is 0 Å². The van der Waals surface area contributed by atoms with Gasteiger partial charge in [0.15, 0.2) is 0 Å². The molecular weight excluding hydrogens is 685 g/mol. The zero-order valence-corrected chi connectivity index (χ0v) is 40.4. The van der Waals surface area contributed by atoms with E-state index in [-0.39, 0.29) is 0 Å². The van der Waals surface area contributed by atoms with Crippen molar-refractivity contribution in [1.82, 2.24) is 0 Å². The van der Waals surface area contributed by atoms with Gasteiger partial charge >= 0.3 is 0 Å². The molecule has 0 atom stereocenters. The van der Waals surface area contributed by atoms with Gasteiger partial charge in [-0.3, -0.25) is 0 Å². The quantitative estimate of drug-likeness (QED) is 0.0327. The van der Waals surface area contributed by atoms with Crippen molar-refractivity contribution in [3.63, 3.8) is 0 Å². The van der Waals surface area contributed by atoms with Crippen molar-refractivity contribution in [2.75, 3.05) is 0 Å². The topological polar surface area (TPSA) is 0 Å². The average Bonchev–Trinajstić information content (AvgIpc) is 3.22. The van der Waals surface area contributed by atoms with Gasteiger partial charge in [0.05, 0.1) is 0 Å². The summed E-state index contributed by atoms with van der Waals surface area (Å²) in [4.78, 5) is 0. The molecule has 0 aromatic rings. The molecule has 0 heterocycles. The molecule has 0 nitrogen and oxygen atoms in total. The van der Waals surface area contributed by atoms with Gasteiger partial charge in [0.1, 0.15) is 0 Å². The molecule has 0 heteroatoms. The molecule has 0 radical (unpaired) electrons. The van der Waals surface area contributed by atoms with E-state index in [1.54, 1.807) is 0 Å². The van der Waals surface area contributed by atoms with Gasteiger partial charge in [-0.25, -0.2) is 0 Å². The summed E-state index contributed by atoms with van der Waals surface area (Å²) in [6.45, 7) is 8.00. The monoisotopic (exact) mass is 797 g/mol. The first-order valence-electron chi connectivity index (χ1n) is 27.4. The minimum atomic E-state index is 0.972. The fraction of sp³-hybridized carbons (Fsp3) is 0.930. The number of rotatable bonds is 50. The van der Waals surface area contributed by atoms with E-state index < -0.39 is 0 Å². The lowest BCUT2D eigenvalue weighted by Crippen LogP contribution is -1.85. The van der Waals surface area contributed by atoms with Crippen molar-refractivity contribution in [2.24, 2.45) is 0 Å². The Balaban J connectivity index is 0. The molecule has 0 fully saturated rings. The lowest BCUT2D eigenvalue weighted by molar-refractivity contribution is 0.508. The Morgan fingerprint density at radius 3 is 0.526 bits per heavy atom. The van der Waals surface area contributed by atoms with Crippen molar-refractivity contribution < 1.29 is 0 Å². The van der Waals surface area contributed by atoms with E-state index in [0.717, 1.165) is 12.8 Å². The molecule has 0 aliphatic rings. The average molecular weight is 798 g/mol. The molecule has 0 bridgehead atoms. The standard InChI is InChI=1S/C52H102.C5H10/c1-3-5-7-9-11-13-15-17-19-21-23-25-27-29-31-33-35-37-39-41-43-45-47-49-51-52-50-48-46-44-42-40-38-36-34-32-30-28-26-24-22-20-18-16-14-12-10-8-6-4-2;1-3-5-4-2/h1H,4-52H2,2H3;3H,1,4-5H2,2H3. The minimum Gasteiger partial charge on any atom is -0.120 e. The summed E-state index contributed by atoms with van der Waals surface area (Å²) >= 11 is 0. The highest BCUT2D eigenvalue weighted by Crippen LogP contribution is 2.18. The predicted octanol–water partition coefficient (Wildman–Crippen LogP) is 21.7. The van der Waals surface area contributed by atoms with Crippen LogP contribution in [0.3, 0.4) is 0 Å². The van der Waals surface area contributed by atoms with Crippen LogP contribution in [-0.2, 0) is 0 Å². The molecule has 0 rings (SSSR count). The van der Waals surface area contributed by atoms with Crippen molar-refractivity contribution in [2.45, 2.75) is 341 Å². The Morgan fingerprint density at radius 1 is 0.263 bits per heavy atom. The molecule has 0 N–H and O–H groups in total. The Bertz CT molecular complexity index is 697. The summed E-state index contributed by atoms with van der Waals surface area (Å²) in [5.41, 5.74) is 0. The molecule has 0 saturated carbocycles. The summed E-state index contributed by atoms with van der Waals surface area (Å²) in [5, 5.41) is 0. The summed E-state index contributed by atoms with van der Waals surface area (Å²) in [7, 11) is 0. The maximum atomic E-state index is 5.31. The van der Waals surface area contributed by atoms with Crippen LogP contribution in [0.2, 0.25) is 0 Å². The Morgan fingerprint density at radius 2 is 0.421 bits per heavy atom. The van der Waals surface area contributed by atoms with Crippen LogP contribution in [-0.4, -0.2) is 0 Å². The minimum absolute atomic E-state index is 0.972. The Kier molecular flexibility index (Phi) is 61.1. The summed E-state index contributed by atoms with van der Waals surface area (Å²) in [6, 6.07) is 0. The highest BCUT2D eigenvalue weighted by molar-refractivity contribution is 4.82. The molecule has 57 heavy (non-hydrogen) atoms. The van der Waals surface area contributed by atoms with E-state index in [1.807, 2.05) is 6.08 Å². The Labute approximate surface area is 364 Å². The molecule has 0 aliphatic carbocycles. The smallest absolute Gasteiger partial charge is 0.00860 e. The van der Waals surface area contributed by atoms with E-state index in [4.69, 9.17) is 6.42 Å². The van der Waals surface area contributed by atoms with Crippen LogP contribution in [0.4, 0.5) is 0 Å². The largest absolute Gasteiger partial charge is 0.120 e. The van der Waals surface area contributed by atoms with Crippen LogP contribution in [0.25, 0.3) is 0 Å². The highest BCUT2D eigenvalue weighted by Gasteiger charge is 1.99. The summed E-state index contributed by atoms with van der Waals surface area (Å²) in [6.07, 6.45) is 81.2. The maximum Gasteiger partial charge on any atom is 0.00860 e. The van der Waals surface area contributed by atoms with Gasteiger partial charge in [-0.1, -0.05) is 328 Å². The number of unbranched alkanes of at least 4 members (excludes halogenated alkanes) is 49. The van der Waals surface area contributed by atoms with Crippen molar-refractivity contribution in [3.8, 4) is 12.3 Å². The fourth-order valence-electron chi connectivity index (χ4n) is 8.64. The number of terminal acetylenes is 1.